The highest BCUT2D eigenvalue weighted by molar-refractivity contribution is 6.04. The summed E-state index contributed by atoms with van der Waals surface area (Å²) in [6, 6.07) is 17.0. The standard InChI is InChI=1S/C31H34N4O4/c36-31(32-21-3-1-4-21)33-22-9-7-20(8-10-22)30-29(27-15-18-38-34-27)26-12-11-25(39-24-13-16-37-17-14-24)19-28(26)35(30)23-5-2-6-23/h7-12,15,18-19,21,23-24H,1-6,13-14,16-17H2,(H2,32,33,36). The van der Waals surface area contributed by atoms with Crippen molar-refractivity contribution < 1.29 is 18.8 Å². The van der Waals surface area contributed by atoms with E-state index in [0.29, 0.717) is 12.1 Å². The Labute approximate surface area is 227 Å². The summed E-state index contributed by atoms with van der Waals surface area (Å²) in [5, 5.41) is 11.5. The van der Waals surface area contributed by atoms with Gasteiger partial charge in [0.15, 0.2) is 0 Å². The predicted molar refractivity (Wildman–Crippen MR) is 150 cm³/mol. The molecule has 0 radical (unpaired) electrons. The molecule has 0 spiro atoms. The number of hydrogen-bond donors (Lipinski definition) is 2. The van der Waals surface area contributed by atoms with Crippen molar-refractivity contribution in [1.82, 2.24) is 15.0 Å². The Bertz CT molecular complexity index is 1450. The molecular formula is C31H34N4O4. The smallest absolute Gasteiger partial charge is 0.319 e. The van der Waals surface area contributed by atoms with Gasteiger partial charge in [-0.1, -0.05) is 17.3 Å². The first-order valence-corrected chi connectivity index (χ1v) is 14.2. The molecule has 2 saturated carbocycles. The second-order valence-corrected chi connectivity index (χ2v) is 11.0. The second kappa shape index (κ2) is 10.4. The van der Waals surface area contributed by atoms with Crippen LogP contribution in [0.2, 0.25) is 0 Å². The molecule has 2 amide bonds. The molecule has 0 unspecified atom stereocenters. The van der Waals surface area contributed by atoms with Crippen LogP contribution in [0.15, 0.2) is 59.3 Å². The first-order chi connectivity index (χ1) is 19.2. The summed E-state index contributed by atoms with van der Waals surface area (Å²) in [7, 11) is 0. The molecule has 2 aromatic carbocycles. The highest BCUT2D eigenvalue weighted by Gasteiger charge is 2.30. The zero-order valence-electron chi connectivity index (χ0n) is 22.0. The summed E-state index contributed by atoms with van der Waals surface area (Å²) in [6.45, 7) is 1.50. The highest BCUT2D eigenvalue weighted by atomic mass is 16.5. The van der Waals surface area contributed by atoms with Crippen molar-refractivity contribution in [1.29, 1.82) is 0 Å². The number of carbonyl (C=O) groups excluding carboxylic acids is 1. The lowest BCUT2D eigenvalue weighted by molar-refractivity contribution is 0.0256. The Kier molecular flexibility index (Phi) is 6.48. The first kappa shape index (κ1) is 24.3. The highest BCUT2D eigenvalue weighted by Crippen LogP contribution is 2.47. The Balaban J connectivity index is 1.28. The van der Waals surface area contributed by atoms with E-state index in [1.807, 2.05) is 18.2 Å². The van der Waals surface area contributed by atoms with E-state index in [1.54, 1.807) is 6.26 Å². The Morgan fingerprint density at radius 3 is 2.41 bits per heavy atom. The minimum atomic E-state index is -0.142. The molecule has 3 heterocycles. The van der Waals surface area contributed by atoms with Gasteiger partial charge in [-0.15, -0.1) is 0 Å². The predicted octanol–water partition coefficient (Wildman–Crippen LogP) is 6.92. The van der Waals surface area contributed by atoms with Crippen molar-refractivity contribution in [3.05, 3.63) is 54.8 Å². The van der Waals surface area contributed by atoms with Crippen LogP contribution in [0.3, 0.4) is 0 Å². The molecule has 0 bridgehead atoms. The van der Waals surface area contributed by atoms with Gasteiger partial charge in [-0.3, -0.25) is 0 Å². The lowest BCUT2D eigenvalue weighted by Crippen LogP contribution is -2.41. The number of anilines is 1. The van der Waals surface area contributed by atoms with E-state index in [1.165, 1.54) is 12.8 Å². The summed E-state index contributed by atoms with van der Waals surface area (Å²) < 4.78 is 19.7. The van der Waals surface area contributed by atoms with Gasteiger partial charge in [-0.25, -0.2) is 4.79 Å². The Morgan fingerprint density at radius 2 is 1.74 bits per heavy atom. The Hall–Kier alpha value is -3.78. The number of hydrogen-bond acceptors (Lipinski definition) is 5. The lowest BCUT2D eigenvalue weighted by Gasteiger charge is -2.30. The third-order valence-electron chi connectivity index (χ3n) is 8.44. The molecule has 0 atom stereocenters. The fourth-order valence-electron chi connectivity index (χ4n) is 5.88. The number of carbonyl (C=O) groups is 1. The van der Waals surface area contributed by atoms with Crippen LogP contribution in [-0.4, -0.2) is 41.1 Å². The Morgan fingerprint density at radius 1 is 0.949 bits per heavy atom. The molecule has 7 rings (SSSR count). The van der Waals surface area contributed by atoms with Gasteiger partial charge in [-0.05, 0) is 68.4 Å². The monoisotopic (exact) mass is 526 g/mol. The molecule has 8 nitrogen and oxygen atoms in total. The van der Waals surface area contributed by atoms with Crippen LogP contribution in [-0.2, 0) is 4.74 Å². The SMILES string of the molecule is O=C(Nc1ccc(-c2c(-c3ccon3)c3ccc(OC4CCOCC4)cc3n2C2CCC2)cc1)NC1CCC1. The van der Waals surface area contributed by atoms with E-state index in [2.05, 4.69) is 50.7 Å². The number of aromatic nitrogens is 2. The van der Waals surface area contributed by atoms with E-state index < -0.39 is 0 Å². The van der Waals surface area contributed by atoms with Crippen molar-refractivity contribution >= 4 is 22.6 Å². The molecule has 4 aromatic rings. The van der Waals surface area contributed by atoms with E-state index >= 15 is 0 Å². The van der Waals surface area contributed by atoms with E-state index in [0.717, 1.165) is 96.6 Å². The van der Waals surface area contributed by atoms with Crippen molar-refractivity contribution in [2.24, 2.45) is 0 Å². The van der Waals surface area contributed by atoms with Crippen LogP contribution >= 0.6 is 0 Å². The van der Waals surface area contributed by atoms with Gasteiger partial charge in [0.1, 0.15) is 23.8 Å². The average Bonchev–Trinajstić information content (AvgIpc) is 3.53. The van der Waals surface area contributed by atoms with Crippen LogP contribution in [0, 0.1) is 0 Å². The maximum absolute atomic E-state index is 12.4. The number of benzene rings is 2. The van der Waals surface area contributed by atoms with E-state index in [4.69, 9.17) is 14.0 Å². The number of fused-ring (bicyclic) bond motifs is 1. The number of nitrogens with zero attached hydrogens (tertiary/aromatic N) is 2. The quantitative estimate of drug-likeness (QED) is 0.273. The molecular weight excluding hydrogens is 492 g/mol. The first-order valence-electron chi connectivity index (χ1n) is 14.2. The maximum Gasteiger partial charge on any atom is 0.319 e. The van der Waals surface area contributed by atoms with Crippen LogP contribution in [0.5, 0.6) is 5.75 Å². The van der Waals surface area contributed by atoms with Crippen LogP contribution in [0.1, 0.15) is 57.4 Å². The molecule has 39 heavy (non-hydrogen) atoms. The largest absolute Gasteiger partial charge is 0.490 e. The molecule has 3 fully saturated rings. The topological polar surface area (TPSA) is 90.6 Å². The van der Waals surface area contributed by atoms with Gasteiger partial charge in [0.25, 0.3) is 0 Å². The zero-order valence-corrected chi connectivity index (χ0v) is 22.0. The van der Waals surface area contributed by atoms with E-state index in [-0.39, 0.29) is 12.1 Å². The fraction of sp³-hybridized carbons (Fsp3) is 0.419. The minimum absolute atomic E-state index is 0.142. The minimum Gasteiger partial charge on any atom is -0.490 e. The van der Waals surface area contributed by atoms with Gasteiger partial charge in [0, 0.05) is 53.7 Å². The van der Waals surface area contributed by atoms with Gasteiger partial charge in [0.05, 0.1) is 24.4 Å². The number of nitrogens with one attached hydrogen (secondary N) is 2. The molecule has 3 aliphatic rings. The van der Waals surface area contributed by atoms with Crippen molar-refractivity contribution in [3.8, 4) is 28.3 Å². The van der Waals surface area contributed by atoms with Crippen LogP contribution < -0.4 is 15.4 Å². The maximum atomic E-state index is 12.4. The molecule has 2 aromatic heterocycles. The van der Waals surface area contributed by atoms with Crippen LogP contribution in [0.4, 0.5) is 10.5 Å². The molecule has 2 aliphatic carbocycles. The zero-order chi connectivity index (χ0) is 26.2. The van der Waals surface area contributed by atoms with Crippen molar-refractivity contribution in [2.75, 3.05) is 18.5 Å². The van der Waals surface area contributed by atoms with Crippen molar-refractivity contribution in [2.45, 2.75) is 69.6 Å². The number of ether oxygens (including phenoxy) is 2. The number of amides is 2. The van der Waals surface area contributed by atoms with E-state index in [9.17, 15) is 4.79 Å². The summed E-state index contributed by atoms with van der Waals surface area (Å²) in [5.74, 6) is 0.891. The lowest BCUT2D eigenvalue weighted by atomic mass is 9.92. The normalized spacial score (nSPS) is 18.5. The summed E-state index contributed by atoms with van der Waals surface area (Å²) >= 11 is 0. The van der Waals surface area contributed by atoms with Gasteiger partial charge >= 0.3 is 6.03 Å². The van der Waals surface area contributed by atoms with Crippen LogP contribution in [0.25, 0.3) is 33.4 Å². The molecule has 1 saturated heterocycles. The summed E-state index contributed by atoms with van der Waals surface area (Å²) in [6.07, 6.45) is 10.4. The third-order valence-corrected chi connectivity index (χ3v) is 8.44. The summed E-state index contributed by atoms with van der Waals surface area (Å²) in [4.78, 5) is 12.4. The molecule has 202 valence electrons. The summed E-state index contributed by atoms with van der Waals surface area (Å²) in [5.41, 5.74) is 6.00. The van der Waals surface area contributed by atoms with Gasteiger partial charge in [0.2, 0.25) is 0 Å². The molecule has 1 aliphatic heterocycles. The average molecular weight is 527 g/mol. The second-order valence-electron chi connectivity index (χ2n) is 11.0. The third kappa shape index (κ3) is 4.78. The number of urea groups is 1. The van der Waals surface area contributed by atoms with Gasteiger partial charge < -0.3 is 29.2 Å². The van der Waals surface area contributed by atoms with Gasteiger partial charge in [-0.2, -0.15) is 0 Å². The fourth-order valence-corrected chi connectivity index (χ4v) is 5.88. The number of rotatable bonds is 7. The molecule has 8 heteroatoms. The molecule has 2 N–H and O–H groups in total. The van der Waals surface area contributed by atoms with Crippen molar-refractivity contribution in [3.63, 3.8) is 0 Å².